The second kappa shape index (κ2) is 12.6. The van der Waals surface area contributed by atoms with Crippen LogP contribution in [0.1, 0.15) is 61.9 Å². The van der Waals surface area contributed by atoms with Gasteiger partial charge in [0, 0.05) is 25.9 Å². The van der Waals surface area contributed by atoms with Gasteiger partial charge in [0.25, 0.3) is 5.91 Å². The average molecular weight is 575 g/mol. The Hall–Kier alpha value is -2.41. The Morgan fingerprint density at radius 3 is 2.39 bits per heavy atom. The third-order valence-corrected chi connectivity index (χ3v) is 9.30. The molecule has 5 nitrogen and oxygen atoms in total. The first kappa shape index (κ1) is 28.6. The number of halogens is 2. The van der Waals surface area contributed by atoms with Crippen molar-refractivity contribution in [1.82, 2.24) is 5.32 Å². The van der Waals surface area contributed by atoms with Gasteiger partial charge in [-0.2, -0.15) is 0 Å². The highest BCUT2D eigenvalue weighted by Crippen LogP contribution is 2.37. The minimum absolute atomic E-state index is 0.334. The van der Waals surface area contributed by atoms with Crippen molar-refractivity contribution in [3.63, 3.8) is 0 Å². The van der Waals surface area contributed by atoms with Crippen LogP contribution in [-0.4, -0.2) is 34.4 Å². The number of amides is 1. The molecule has 1 unspecified atom stereocenters. The number of carboxylic acids is 1. The van der Waals surface area contributed by atoms with Crippen LogP contribution in [0.25, 0.3) is 10.8 Å². The summed E-state index contributed by atoms with van der Waals surface area (Å²) < 4.78 is 5.46. The van der Waals surface area contributed by atoms with Crippen LogP contribution in [0.3, 0.4) is 0 Å². The summed E-state index contributed by atoms with van der Waals surface area (Å²) in [6.45, 7) is 4.13. The van der Waals surface area contributed by atoms with Crippen molar-refractivity contribution in [2.45, 2.75) is 62.5 Å². The van der Waals surface area contributed by atoms with Crippen LogP contribution in [0.5, 0.6) is 5.75 Å². The van der Waals surface area contributed by atoms with Crippen molar-refractivity contribution in [3.05, 3.63) is 75.8 Å². The van der Waals surface area contributed by atoms with E-state index in [4.69, 9.17) is 27.9 Å². The minimum atomic E-state index is -1.17. The van der Waals surface area contributed by atoms with Crippen LogP contribution >= 0.6 is 35.0 Å². The molecule has 8 heteroatoms. The third-order valence-electron chi connectivity index (χ3n) is 7.18. The predicted molar refractivity (Wildman–Crippen MR) is 157 cm³/mol. The molecule has 0 spiro atoms. The lowest BCUT2D eigenvalue weighted by Gasteiger charge is -2.32. The van der Waals surface area contributed by atoms with Crippen molar-refractivity contribution in [2.24, 2.45) is 5.92 Å². The fourth-order valence-electron chi connectivity index (χ4n) is 4.89. The van der Waals surface area contributed by atoms with Gasteiger partial charge in [-0.15, -0.1) is 11.8 Å². The second-order valence-electron chi connectivity index (χ2n) is 10.3. The highest BCUT2D eigenvalue weighted by molar-refractivity contribution is 7.99. The minimum Gasteiger partial charge on any atom is -0.492 e. The zero-order chi connectivity index (χ0) is 27.3. The number of rotatable bonds is 10. The van der Waals surface area contributed by atoms with Crippen molar-refractivity contribution < 1.29 is 19.4 Å². The zero-order valence-corrected chi connectivity index (χ0v) is 24.0. The SMILES string of the molecule is CC(C)(SCc1c(Cl)cccc1Cl)C(NC(=O)c1ccc2ccccc2c1OCC1CCCCC1)C(=O)O. The molecule has 4 rings (SSSR count). The molecule has 0 saturated heterocycles. The van der Waals surface area contributed by atoms with E-state index in [0.717, 1.165) is 29.2 Å². The van der Waals surface area contributed by atoms with E-state index in [1.807, 2.05) is 30.3 Å². The number of carbonyl (C=O) groups is 2. The van der Waals surface area contributed by atoms with Gasteiger partial charge in [-0.05, 0) is 61.8 Å². The molecular formula is C30H33Cl2NO4S. The molecule has 0 heterocycles. The molecule has 3 aromatic carbocycles. The summed E-state index contributed by atoms with van der Waals surface area (Å²) in [6, 6.07) is 15.5. The van der Waals surface area contributed by atoms with E-state index in [1.54, 1.807) is 38.1 Å². The van der Waals surface area contributed by atoms with E-state index in [9.17, 15) is 14.7 Å². The Morgan fingerprint density at radius 2 is 1.71 bits per heavy atom. The molecule has 1 atom stereocenters. The molecule has 1 fully saturated rings. The standard InChI is InChI=1S/C30H33Cl2NO4S/c1-30(2,38-18-23-24(31)13-8-14-25(23)32)27(29(35)36)33-28(34)22-16-15-20-11-6-7-12-21(20)26(22)37-17-19-9-4-3-5-10-19/h6-8,11-16,19,27H,3-5,9-10,17-18H2,1-2H3,(H,33,34)(H,35,36). The molecule has 1 aliphatic carbocycles. The van der Waals surface area contributed by atoms with Crippen LogP contribution in [0.2, 0.25) is 10.0 Å². The van der Waals surface area contributed by atoms with Gasteiger partial charge in [0.15, 0.2) is 0 Å². The van der Waals surface area contributed by atoms with Gasteiger partial charge >= 0.3 is 5.97 Å². The molecular weight excluding hydrogens is 541 g/mol. The molecule has 0 radical (unpaired) electrons. The highest BCUT2D eigenvalue weighted by atomic mass is 35.5. The smallest absolute Gasteiger partial charge is 0.327 e. The van der Waals surface area contributed by atoms with Crippen molar-refractivity contribution in [1.29, 1.82) is 0 Å². The summed E-state index contributed by atoms with van der Waals surface area (Å²) in [5, 5.41) is 15.7. The maximum atomic E-state index is 13.6. The average Bonchev–Trinajstić information content (AvgIpc) is 2.90. The van der Waals surface area contributed by atoms with Gasteiger partial charge in [-0.3, -0.25) is 4.79 Å². The predicted octanol–water partition coefficient (Wildman–Crippen LogP) is 8.00. The quantitative estimate of drug-likeness (QED) is 0.257. The Kier molecular flexibility index (Phi) is 9.50. The summed E-state index contributed by atoms with van der Waals surface area (Å²) in [5.74, 6) is -0.240. The Morgan fingerprint density at radius 1 is 1.03 bits per heavy atom. The number of ether oxygens (including phenoxy) is 1. The second-order valence-corrected chi connectivity index (χ2v) is 12.8. The topological polar surface area (TPSA) is 75.6 Å². The van der Waals surface area contributed by atoms with E-state index in [-0.39, 0.29) is 0 Å². The molecule has 3 aromatic rings. The van der Waals surface area contributed by atoms with E-state index in [2.05, 4.69) is 5.32 Å². The molecule has 1 aliphatic rings. The first-order valence-electron chi connectivity index (χ1n) is 12.9. The Labute approximate surface area is 238 Å². The van der Waals surface area contributed by atoms with Crippen molar-refractivity contribution in [3.8, 4) is 5.75 Å². The fourth-order valence-corrected chi connectivity index (χ4v) is 6.73. The van der Waals surface area contributed by atoms with E-state index < -0.39 is 22.7 Å². The number of nitrogens with one attached hydrogen (secondary N) is 1. The zero-order valence-electron chi connectivity index (χ0n) is 21.6. The van der Waals surface area contributed by atoms with Crippen molar-refractivity contribution in [2.75, 3.05) is 6.61 Å². The Bertz CT molecular complexity index is 1290. The summed E-state index contributed by atoms with van der Waals surface area (Å²) in [6.07, 6.45) is 5.89. The summed E-state index contributed by atoms with van der Waals surface area (Å²) in [5.41, 5.74) is 1.07. The molecule has 0 bridgehead atoms. The monoisotopic (exact) mass is 573 g/mol. The molecule has 0 aromatic heterocycles. The first-order chi connectivity index (χ1) is 18.2. The van der Waals surface area contributed by atoms with Crippen LogP contribution < -0.4 is 10.1 Å². The maximum Gasteiger partial charge on any atom is 0.327 e. The molecule has 202 valence electrons. The van der Waals surface area contributed by atoms with E-state index >= 15 is 0 Å². The number of hydrogen-bond donors (Lipinski definition) is 2. The Balaban J connectivity index is 1.57. The summed E-state index contributed by atoms with van der Waals surface area (Å²) >= 11 is 14.0. The first-order valence-corrected chi connectivity index (χ1v) is 14.7. The van der Waals surface area contributed by atoms with E-state index in [0.29, 0.717) is 39.6 Å². The van der Waals surface area contributed by atoms with Crippen LogP contribution in [0.15, 0.2) is 54.6 Å². The third kappa shape index (κ3) is 6.77. The molecule has 1 saturated carbocycles. The normalized spacial score (nSPS) is 15.3. The van der Waals surface area contributed by atoms with Gasteiger partial charge in [0.2, 0.25) is 0 Å². The van der Waals surface area contributed by atoms with Crippen LogP contribution in [0, 0.1) is 5.92 Å². The largest absolute Gasteiger partial charge is 0.492 e. The van der Waals surface area contributed by atoms with Gasteiger partial charge < -0.3 is 15.2 Å². The molecule has 2 N–H and O–H groups in total. The number of fused-ring (bicyclic) bond motifs is 1. The van der Waals surface area contributed by atoms with Crippen molar-refractivity contribution >= 4 is 57.6 Å². The number of aliphatic carboxylic acids is 1. The highest BCUT2D eigenvalue weighted by Gasteiger charge is 2.38. The molecule has 1 amide bonds. The summed E-state index contributed by atoms with van der Waals surface area (Å²) in [4.78, 5) is 26.0. The lowest BCUT2D eigenvalue weighted by molar-refractivity contribution is -0.139. The number of benzene rings is 3. The number of carboxylic acid groups (broad SMARTS) is 1. The van der Waals surface area contributed by atoms with Crippen LogP contribution in [-0.2, 0) is 10.5 Å². The van der Waals surface area contributed by atoms with Gasteiger partial charge in [-0.1, -0.05) is 78.9 Å². The summed E-state index contributed by atoms with van der Waals surface area (Å²) in [7, 11) is 0. The molecule has 38 heavy (non-hydrogen) atoms. The number of thioether (sulfide) groups is 1. The number of carbonyl (C=O) groups excluding carboxylic acids is 1. The van der Waals surface area contributed by atoms with Gasteiger partial charge in [0.05, 0.1) is 12.2 Å². The lowest BCUT2D eigenvalue weighted by Crippen LogP contribution is -2.52. The number of hydrogen-bond acceptors (Lipinski definition) is 4. The maximum absolute atomic E-state index is 13.6. The van der Waals surface area contributed by atoms with E-state index in [1.165, 1.54) is 31.0 Å². The lowest BCUT2D eigenvalue weighted by atomic mass is 9.90. The van der Waals surface area contributed by atoms with Gasteiger partial charge in [-0.25, -0.2) is 4.79 Å². The molecule has 0 aliphatic heterocycles. The van der Waals surface area contributed by atoms with Gasteiger partial charge in [0.1, 0.15) is 11.8 Å². The fraction of sp³-hybridized carbons (Fsp3) is 0.400. The van der Waals surface area contributed by atoms with Crippen LogP contribution in [0.4, 0.5) is 0 Å².